The molecule has 0 spiro atoms. The van der Waals surface area contributed by atoms with Crippen LogP contribution in [0.3, 0.4) is 0 Å². The van der Waals surface area contributed by atoms with Crippen LogP contribution >= 0.6 is 0 Å². The van der Waals surface area contributed by atoms with Crippen LogP contribution in [0.4, 0.5) is 8.78 Å². The molecule has 1 aliphatic heterocycles. The van der Waals surface area contributed by atoms with Crippen molar-refractivity contribution in [1.29, 1.82) is 0 Å². The zero-order valence-electron chi connectivity index (χ0n) is 16.3. The number of hydrogen-bond donors (Lipinski definition) is 1. The predicted octanol–water partition coefficient (Wildman–Crippen LogP) is 4.11. The summed E-state index contributed by atoms with van der Waals surface area (Å²) in [6.45, 7) is 0. The molecular formula is C25H16F2N2O2. The van der Waals surface area contributed by atoms with E-state index in [1.807, 2.05) is 30.3 Å². The van der Waals surface area contributed by atoms with E-state index in [-0.39, 0.29) is 5.56 Å². The van der Waals surface area contributed by atoms with Gasteiger partial charge in [0.15, 0.2) is 11.6 Å². The van der Waals surface area contributed by atoms with Gasteiger partial charge < -0.3 is 5.11 Å². The van der Waals surface area contributed by atoms with Gasteiger partial charge >= 0.3 is 5.69 Å². The zero-order chi connectivity index (χ0) is 21.5. The average molecular weight is 414 g/mol. The molecule has 5 rings (SSSR count). The largest absolute Gasteiger partial charge is 0.493 e. The number of hydrogen-bond acceptors (Lipinski definition) is 2. The molecule has 0 atom stereocenters. The molecule has 0 bridgehead atoms. The van der Waals surface area contributed by atoms with Crippen LogP contribution in [0.15, 0.2) is 71.5 Å². The summed E-state index contributed by atoms with van der Waals surface area (Å²) in [5, 5.41) is 10.7. The van der Waals surface area contributed by atoms with E-state index in [9.17, 15) is 18.7 Å². The van der Waals surface area contributed by atoms with E-state index in [4.69, 9.17) is 0 Å². The topological polar surface area (TPSA) is 47.2 Å². The van der Waals surface area contributed by atoms with Gasteiger partial charge in [-0.15, -0.1) is 0 Å². The van der Waals surface area contributed by atoms with Crippen LogP contribution in [0.25, 0.3) is 11.4 Å². The highest BCUT2D eigenvalue weighted by Crippen LogP contribution is 2.32. The van der Waals surface area contributed by atoms with E-state index in [0.29, 0.717) is 34.4 Å². The van der Waals surface area contributed by atoms with Crippen LogP contribution in [-0.4, -0.2) is 14.2 Å². The SMILES string of the molecule is O=c1n(-c2c(F)cc(C#Cc3ccccc3)cc2F)c(O)c2n1-c1ccccc1CC2. The van der Waals surface area contributed by atoms with Gasteiger partial charge in [-0.3, -0.25) is 4.57 Å². The Labute approximate surface area is 176 Å². The molecule has 1 aliphatic rings. The molecule has 4 nitrogen and oxygen atoms in total. The van der Waals surface area contributed by atoms with E-state index in [1.165, 1.54) is 4.57 Å². The lowest BCUT2D eigenvalue weighted by Gasteiger charge is -2.17. The minimum Gasteiger partial charge on any atom is -0.493 e. The fraction of sp³-hybridized carbons (Fsp3) is 0.0800. The van der Waals surface area contributed by atoms with Crippen molar-refractivity contribution in [3.05, 3.63) is 111 Å². The molecule has 0 aliphatic carbocycles. The number of benzene rings is 3. The Morgan fingerprint density at radius 2 is 1.45 bits per heavy atom. The molecule has 4 aromatic rings. The quantitative estimate of drug-likeness (QED) is 0.477. The molecule has 0 saturated heterocycles. The maximum atomic E-state index is 15.0. The minimum absolute atomic E-state index is 0.129. The summed E-state index contributed by atoms with van der Waals surface area (Å²) in [7, 11) is 0. The normalized spacial score (nSPS) is 11.9. The first kappa shape index (κ1) is 18.9. The molecular weight excluding hydrogens is 398 g/mol. The van der Waals surface area contributed by atoms with Crippen molar-refractivity contribution in [1.82, 2.24) is 9.13 Å². The third kappa shape index (κ3) is 3.11. The van der Waals surface area contributed by atoms with Crippen molar-refractivity contribution in [2.75, 3.05) is 0 Å². The van der Waals surface area contributed by atoms with Gasteiger partial charge in [0.05, 0.1) is 11.4 Å². The van der Waals surface area contributed by atoms with Gasteiger partial charge in [0.1, 0.15) is 5.69 Å². The Kier molecular flexibility index (Phi) is 4.45. The minimum atomic E-state index is -0.981. The van der Waals surface area contributed by atoms with E-state index in [1.54, 1.807) is 24.3 Å². The Hall–Kier alpha value is -4.11. The van der Waals surface area contributed by atoms with Gasteiger partial charge in [-0.1, -0.05) is 48.2 Å². The average Bonchev–Trinajstić information content (AvgIpc) is 3.03. The zero-order valence-corrected chi connectivity index (χ0v) is 16.3. The molecule has 0 radical (unpaired) electrons. The number of nitrogens with zero attached hydrogens (tertiary/aromatic N) is 2. The van der Waals surface area contributed by atoms with Crippen LogP contribution in [0.5, 0.6) is 5.88 Å². The molecule has 2 heterocycles. The van der Waals surface area contributed by atoms with Gasteiger partial charge in [-0.2, -0.15) is 0 Å². The summed E-state index contributed by atoms with van der Waals surface area (Å²) in [4.78, 5) is 13.1. The van der Waals surface area contributed by atoms with Crippen molar-refractivity contribution in [2.45, 2.75) is 12.8 Å². The molecule has 152 valence electrons. The van der Waals surface area contributed by atoms with Crippen LogP contribution in [0, 0.1) is 23.5 Å². The molecule has 1 aromatic heterocycles. The highest BCUT2D eigenvalue weighted by molar-refractivity contribution is 5.52. The number of rotatable bonds is 1. The fourth-order valence-electron chi connectivity index (χ4n) is 3.92. The third-order valence-corrected chi connectivity index (χ3v) is 5.35. The van der Waals surface area contributed by atoms with E-state index < -0.39 is 28.9 Å². The number of aryl methyl sites for hydroxylation is 1. The van der Waals surface area contributed by atoms with Crippen LogP contribution < -0.4 is 5.69 Å². The van der Waals surface area contributed by atoms with Crippen LogP contribution in [0.1, 0.15) is 22.4 Å². The summed E-state index contributed by atoms with van der Waals surface area (Å²) in [6.07, 6.45) is 1.00. The van der Waals surface area contributed by atoms with Gasteiger partial charge in [-0.25, -0.2) is 18.1 Å². The van der Waals surface area contributed by atoms with Gasteiger partial charge in [0, 0.05) is 11.1 Å². The van der Waals surface area contributed by atoms with Gasteiger partial charge in [0.2, 0.25) is 5.88 Å². The number of halogens is 2. The molecule has 0 unspecified atom stereocenters. The Balaban J connectivity index is 1.64. The fourth-order valence-corrected chi connectivity index (χ4v) is 3.92. The third-order valence-electron chi connectivity index (χ3n) is 5.35. The highest BCUT2D eigenvalue weighted by Gasteiger charge is 2.28. The predicted molar refractivity (Wildman–Crippen MR) is 113 cm³/mol. The molecule has 6 heteroatoms. The summed E-state index contributed by atoms with van der Waals surface area (Å²) < 4.78 is 31.9. The van der Waals surface area contributed by atoms with E-state index in [2.05, 4.69) is 11.8 Å². The Morgan fingerprint density at radius 1 is 0.806 bits per heavy atom. The second kappa shape index (κ2) is 7.29. The highest BCUT2D eigenvalue weighted by atomic mass is 19.1. The van der Waals surface area contributed by atoms with E-state index >= 15 is 0 Å². The number of aromatic nitrogens is 2. The molecule has 0 saturated carbocycles. The lowest BCUT2D eigenvalue weighted by molar-refractivity contribution is 0.427. The lowest BCUT2D eigenvalue weighted by atomic mass is 10.0. The molecule has 0 fully saturated rings. The summed E-state index contributed by atoms with van der Waals surface area (Å²) in [5.74, 6) is 3.15. The maximum absolute atomic E-state index is 15.0. The maximum Gasteiger partial charge on any atom is 0.340 e. The summed E-state index contributed by atoms with van der Waals surface area (Å²) >= 11 is 0. The number of imidazole rings is 1. The second-order valence-electron chi connectivity index (χ2n) is 7.26. The van der Waals surface area contributed by atoms with Gasteiger partial charge in [0.25, 0.3) is 0 Å². The van der Waals surface area contributed by atoms with Crippen molar-refractivity contribution in [2.24, 2.45) is 0 Å². The van der Waals surface area contributed by atoms with Gasteiger partial charge in [-0.05, 0) is 48.7 Å². The van der Waals surface area contributed by atoms with Crippen molar-refractivity contribution < 1.29 is 13.9 Å². The van der Waals surface area contributed by atoms with Crippen LogP contribution in [-0.2, 0) is 12.8 Å². The summed E-state index contributed by atoms with van der Waals surface area (Å²) in [6, 6.07) is 18.4. The Bertz CT molecular complexity index is 1420. The van der Waals surface area contributed by atoms with Crippen molar-refractivity contribution in [3.8, 4) is 29.1 Å². The lowest BCUT2D eigenvalue weighted by Crippen LogP contribution is -2.26. The van der Waals surface area contributed by atoms with Crippen LogP contribution in [0.2, 0.25) is 0 Å². The number of aromatic hydroxyl groups is 1. The molecule has 31 heavy (non-hydrogen) atoms. The van der Waals surface area contributed by atoms with Crippen molar-refractivity contribution in [3.63, 3.8) is 0 Å². The first-order chi connectivity index (χ1) is 15.0. The number of para-hydroxylation sites is 1. The first-order valence-corrected chi connectivity index (χ1v) is 9.75. The molecule has 1 N–H and O–H groups in total. The monoisotopic (exact) mass is 414 g/mol. The first-order valence-electron chi connectivity index (χ1n) is 9.75. The molecule has 3 aromatic carbocycles. The number of fused-ring (bicyclic) bond motifs is 3. The van der Waals surface area contributed by atoms with Crippen molar-refractivity contribution >= 4 is 0 Å². The smallest absolute Gasteiger partial charge is 0.340 e. The Morgan fingerprint density at radius 3 is 2.19 bits per heavy atom. The van der Waals surface area contributed by atoms with E-state index in [0.717, 1.165) is 17.7 Å². The summed E-state index contributed by atoms with van der Waals surface area (Å²) in [5.41, 5.74) is 1.36. The standard InChI is InChI=1S/C25H16F2N2O2/c26-19-14-17(11-10-16-6-2-1-3-7-16)15-20(27)23(19)29-24(30)22-13-12-18-8-4-5-9-21(18)28(22)25(29)31/h1-9,14-15,30H,12-13H2. The second-order valence-corrected chi connectivity index (χ2v) is 7.26. The molecule has 0 amide bonds.